The molecule has 1 aliphatic heterocycles. The topological polar surface area (TPSA) is 58.6 Å². The summed E-state index contributed by atoms with van der Waals surface area (Å²) in [6.07, 6.45) is 6.07. The Balaban J connectivity index is 1.48. The number of piperidine rings is 1. The number of benzene rings is 1. The van der Waals surface area contributed by atoms with Crippen LogP contribution in [0.15, 0.2) is 24.3 Å². The van der Waals surface area contributed by atoms with Crippen molar-refractivity contribution < 1.29 is 14.3 Å². The normalized spacial score (nSPS) is 19.3. The smallest absolute Gasteiger partial charge is 0.253 e. The van der Waals surface area contributed by atoms with Gasteiger partial charge in [-0.25, -0.2) is 0 Å². The third kappa shape index (κ3) is 3.89. The van der Waals surface area contributed by atoms with E-state index in [0.29, 0.717) is 18.7 Å². The van der Waals surface area contributed by atoms with Gasteiger partial charge in [0.1, 0.15) is 5.75 Å². The van der Waals surface area contributed by atoms with E-state index in [1.165, 1.54) is 12.8 Å². The van der Waals surface area contributed by atoms with Crippen LogP contribution in [0.2, 0.25) is 0 Å². The molecule has 0 atom stereocenters. The van der Waals surface area contributed by atoms with E-state index in [1.54, 1.807) is 19.2 Å². The number of hydrogen-bond acceptors (Lipinski definition) is 3. The average Bonchev–Trinajstić information content (AvgIpc) is 3.17. The van der Waals surface area contributed by atoms with Crippen molar-refractivity contribution in [2.75, 3.05) is 20.2 Å². The van der Waals surface area contributed by atoms with Gasteiger partial charge in [-0.2, -0.15) is 0 Å². The lowest BCUT2D eigenvalue weighted by Gasteiger charge is -2.33. The first-order valence-electron chi connectivity index (χ1n) is 8.91. The summed E-state index contributed by atoms with van der Waals surface area (Å²) in [5.41, 5.74) is 0.684. The molecule has 0 radical (unpaired) electrons. The first-order valence-corrected chi connectivity index (χ1v) is 8.91. The summed E-state index contributed by atoms with van der Waals surface area (Å²) in [6, 6.07) is 7.42. The van der Waals surface area contributed by atoms with Crippen molar-refractivity contribution in [3.8, 4) is 5.75 Å². The summed E-state index contributed by atoms with van der Waals surface area (Å²) in [7, 11) is 1.61. The summed E-state index contributed by atoms with van der Waals surface area (Å²) in [5, 5.41) is 3.18. The molecule has 0 spiro atoms. The second-order valence-corrected chi connectivity index (χ2v) is 6.78. The quantitative estimate of drug-likeness (QED) is 0.923. The van der Waals surface area contributed by atoms with E-state index in [0.717, 1.165) is 31.4 Å². The zero-order valence-corrected chi connectivity index (χ0v) is 14.3. The van der Waals surface area contributed by atoms with E-state index in [1.807, 2.05) is 17.0 Å². The van der Waals surface area contributed by atoms with Crippen molar-refractivity contribution >= 4 is 11.8 Å². The molecule has 1 aromatic carbocycles. The highest BCUT2D eigenvalue weighted by atomic mass is 16.5. The van der Waals surface area contributed by atoms with Gasteiger partial charge in [-0.05, 0) is 49.9 Å². The van der Waals surface area contributed by atoms with Gasteiger partial charge in [-0.3, -0.25) is 9.59 Å². The van der Waals surface area contributed by atoms with Crippen molar-refractivity contribution in [2.24, 2.45) is 5.92 Å². The Bertz CT molecular complexity index is 571. The zero-order valence-electron chi connectivity index (χ0n) is 14.3. The first kappa shape index (κ1) is 16.8. The lowest BCUT2D eigenvalue weighted by molar-refractivity contribution is -0.125. The maximum absolute atomic E-state index is 12.5. The number of nitrogens with one attached hydrogen (secondary N) is 1. The molecule has 1 saturated heterocycles. The average molecular weight is 330 g/mol. The van der Waals surface area contributed by atoms with Gasteiger partial charge in [0.2, 0.25) is 5.91 Å². The van der Waals surface area contributed by atoms with Crippen LogP contribution in [0, 0.1) is 5.92 Å². The third-order valence-corrected chi connectivity index (χ3v) is 5.19. The minimum absolute atomic E-state index is 0.0539. The zero-order chi connectivity index (χ0) is 16.9. The number of nitrogens with zero attached hydrogens (tertiary/aromatic N) is 1. The summed E-state index contributed by atoms with van der Waals surface area (Å²) >= 11 is 0. The molecule has 1 aliphatic carbocycles. The Morgan fingerprint density at radius 2 is 1.67 bits per heavy atom. The molecular weight excluding hydrogens is 304 g/mol. The minimum atomic E-state index is 0.0539. The molecule has 5 heteroatoms. The molecule has 0 unspecified atom stereocenters. The predicted octanol–water partition coefficient (Wildman–Crippen LogP) is 2.61. The molecular formula is C19H26N2O3. The van der Waals surface area contributed by atoms with Crippen molar-refractivity contribution in [3.63, 3.8) is 0 Å². The van der Waals surface area contributed by atoms with Crippen LogP contribution in [0.25, 0.3) is 0 Å². The molecule has 0 aromatic heterocycles. The summed E-state index contributed by atoms with van der Waals surface area (Å²) in [6.45, 7) is 1.39. The lowest BCUT2D eigenvalue weighted by atomic mass is 10.0. The lowest BCUT2D eigenvalue weighted by Crippen LogP contribution is -2.47. The molecule has 2 aliphatic rings. The number of amides is 2. The molecule has 0 bridgehead atoms. The monoisotopic (exact) mass is 330 g/mol. The molecule has 3 rings (SSSR count). The highest BCUT2D eigenvalue weighted by Gasteiger charge is 2.28. The van der Waals surface area contributed by atoms with Gasteiger partial charge in [-0.15, -0.1) is 0 Å². The second kappa shape index (κ2) is 7.69. The van der Waals surface area contributed by atoms with E-state index >= 15 is 0 Å². The van der Waals surface area contributed by atoms with Gasteiger partial charge in [0.05, 0.1) is 7.11 Å². The van der Waals surface area contributed by atoms with E-state index in [4.69, 9.17) is 4.74 Å². The van der Waals surface area contributed by atoms with Crippen molar-refractivity contribution in [2.45, 2.75) is 44.6 Å². The highest BCUT2D eigenvalue weighted by molar-refractivity contribution is 5.94. The largest absolute Gasteiger partial charge is 0.497 e. The van der Waals surface area contributed by atoms with E-state index in [-0.39, 0.29) is 23.8 Å². The predicted molar refractivity (Wildman–Crippen MR) is 92.0 cm³/mol. The van der Waals surface area contributed by atoms with Crippen LogP contribution in [0.1, 0.15) is 48.9 Å². The van der Waals surface area contributed by atoms with Crippen LogP contribution in [0.3, 0.4) is 0 Å². The van der Waals surface area contributed by atoms with Gasteiger partial charge < -0.3 is 15.0 Å². The van der Waals surface area contributed by atoms with Gasteiger partial charge in [0.25, 0.3) is 5.91 Å². The molecule has 1 N–H and O–H groups in total. The maximum atomic E-state index is 12.5. The van der Waals surface area contributed by atoms with Crippen LogP contribution in [-0.4, -0.2) is 43.0 Å². The number of carbonyl (C=O) groups is 2. The molecule has 1 heterocycles. The number of methoxy groups -OCH3 is 1. The number of ether oxygens (including phenoxy) is 1. The summed E-state index contributed by atoms with van der Waals surface area (Å²) < 4.78 is 5.12. The van der Waals surface area contributed by atoms with Crippen LogP contribution in [0.4, 0.5) is 0 Å². The molecule has 2 fully saturated rings. The van der Waals surface area contributed by atoms with E-state index in [2.05, 4.69) is 5.32 Å². The van der Waals surface area contributed by atoms with Gasteiger partial charge in [0, 0.05) is 30.6 Å². The Morgan fingerprint density at radius 3 is 2.25 bits per heavy atom. The SMILES string of the molecule is COc1ccc(C(=O)N2CCC(NC(=O)C3CCCC3)CC2)cc1. The fraction of sp³-hybridized carbons (Fsp3) is 0.579. The van der Waals surface area contributed by atoms with E-state index < -0.39 is 0 Å². The molecule has 1 aromatic rings. The molecule has 1 saturated carbocycles. The number of hydrogen-bond donors (Lipinski definition) is 1. The first-order chi connectivity index (χ1) is 11.7. The van der Waals surface area contributed by atoms with Crippen LogP contribution in [-0.2, 0) is 4.79 Å². The van der Waals surface area contributed by atoms with E-state index in [9.17, 15) is 9.59 Å². The molecule has 5 nitrogen and oxygen atoms in total. The van der Waals surface area contributed by atoms with Crippen molar-refractivity contribution in [3.05, 3.63) is 29.8 Å². The van der Waals surface area contributed by atoms with Gasteiger partial charge >= 0.3 is 0 Å². The Hall–Kier alpha value is -2.04. The summed E-state index contributed by atoms with van der Waals surface area (Å²) in [4.78, 5) is 26.6. The Morgan fingerprint density at radius 1 is 1.04 bits per heavy atom. The second-order valence-electron chi connectivity index (χ2n) is 6.78. The Kier molecular flexibility index (Phi) is 5.38. The van der Waals surface area contributed by atoms with Crippen LogP contribution < -0.4 is 10.1 Å². The van der Waals surface area contributed by atoms with Crippen molar-refractivity contribution in [1.82, 2.24) is 10.2 Å². The van der Waals surface area contributed by atoms with Crippen molar-refractivity contribution in [1.29, 1.82) is 0 Å². The van der Waals surface area contributed by atoms with Gasteiger partial charge in [-0.1, -0.05) is 12.8 Å². The molecule has 2 amide bonds. The fourth-order valence-corrected chi connectivity index (χ4v) is 3.65. The molecule has 24 heavy (non-hydrogen) atoms. The third-order valence-electron chi connectivity index (χ3n) is 5.19. The van der Waals surface area contributed by atoms with Crippen LogP contribution in [0.5, 0.6) is 5.75 Å². The number of carbonyl (C=O) groups excluding carboxylic acids is 2. The number of likely N-dealkylation sites (tertiary alicyclic amines) is 1. The highest BCUT2D eigenvalue weighted by Crippen LogP contribution is 2.25. The minimum Gasteiger partial charge on any atom is -0.497 e. The molecule has 130 valence electrons. The maximum Gasteiger partial charge on any atom is 0.253 e. The summed E-state index contributed by atoms with van der Waals surface area (Å²) in [5.74, 6) is 1.23. The Labute approximate surface area is 143 Å². The fourth-order valence-electron chi connectivity index (χ4n) is 3.65. The van der Waals surface area contributed by atoms with Gasteiger partial charge in [0.15, 0.2) is 0 Å². The van der Waals surface area contributed by atoms with Crippen LogP contribution >= 0.6 is 0 Å². The standard InChI is InChI=1S/C19H26N2O3/c1-24-17-8-6-15(7-9-17)19(23)21-12-10-16(11-13-21)20-18(22)14-4-2-3-5-14/h6-9,14,16H,2-5,10-13H2,1H3,(H,20,22). The number of rotatable bonds is 4.